The minimum absolute atomic E-state index is 0.0155. The maximum atomic E-state index is 13.4. The highest BCUT2D eigenvalue weighted by Gasteiger charge is 2.29. The maximum absolute atomic E-state index is 13.4. The number of likely N-dealkylation sites (N-methyl/N-ethyl adjacent to an activating group) is 1. The third kappa shape index (κ3) is 4.48. The van der Waals surface area contributed by atoms with Gasteiger partial charge in [0.25, 0.3) is 5.56 Å². The summed E-state index contributed by atoms with van der Waals surface area (Å²) >= 11 is 0. The van der Waals surface area contributed by atoms with Gasteiger partial charge in [0.2, 0.25) is 16.4 Å². The fourth-order valence-electron chi connectivity index (χ4n) is 4.37. The zero-order valence-electron chi connectivity index (χ0n) is 20.4. The zero-order chi connectivity index (χ0) is 25.3. The van der Waals surface area contributed by atoms with Crippen molar-refractivity contribution in [3.8, 4) is 17.1 Å². The molecule has 0 amide bonds. The van der Waals surface area contributed by atoms with E-state index in [1.807, 2.05) is 14.0 Å². The Morgan fingerprint density at radius 1 is 1.09 bits per heavy atom. The molecule has 1 aromatic carbocycles. The molecular formula is C23H30N6O5S. The smallest absolute Gasteiger partial charge is 0.299 e. The molecule has 3 aromatic rings. The van der Waals surface area contributed by atoms with Crippen molar-refractivity contribution in [3.05, 3.63) is 34.2 Å². The molecule has 12 heteroatoms. The standard InChI is InChI=1S/C23H30N6O5S/c1-5-7-18-20-21(27(4)25-18)23(31)24-22(29(20)15-30)17-14-16(8-9-19(17)34-6-2)35(32,33)28-12-10-26(3)11-13-28/h8-9,14-15H,5-7,10-13H2,1-4H3. The molecule has 0 spiro atoms. The van der Waals surface area contributed by atoms with E-state index in [-0.39, 0.29) is 21.8 Å². The second-order valence-electron chi connectivity index (χ2n) is 8.53. The van der Waals surface area contributed by atoms with Gasteiger partial charge < -0.3 is 9.64 Å². The highest BCUT2D eigenvalue weighted by atomic mass is 32.2. The quantitative estimate of drug-likeness (QED) is 0.421. The summed E-state index contributed by atoms with van der Waals surface area (Å²) in [7, 11) is -0.219. The fourth-order valence-corrected chi connectivity index (χ4v) is 5.82. The van der Waals surface area contributed by atoms with E-state index in [9.17, 15) is 18.0 Å². The fraction of sp³-hybridized carbons (Fsp3) is 0.478. The highest BCUT2D eigenvalue weighted by molar-refractivity contribution is 7.89. The Morgan fingerprint density at radius 3 is 2.43 bits per heavy atom. The molecule has 1 saturated heterocycles. The summed E-state index contributed by atoms with van der Waals surface area (Å²) in [5, 5.41) is 4.43. The van der Waals surface area contributed by atoms with E-state index in [2.05, 4.69) is 15.0 Å². The Bertz CT molecular complexity index is 1420. The molecule has 0 aliphatic carbocycles. The molecule has 0 N–H and O–H groups in total. The highest BCUT2D eigenvalue weighted by Crippen LogP contribution is 2.33. The molecule has 0 saturated carbocycles. The first kappa shape index (κ1) is 25.0. The molecule has 1 fully saturated rings. The molecule has 4 rings (SSSR count). The maximum Gasteiger partial charge on any atom is 0.299 e. The topological polar surface area (TPSA) is 120 Å². The number of nitrogens with zero attached hydrogens (tertiary/aromatic N) is 6. The zero-order valence-corrected chi connectivity index (χ0v) is 21.2. The largest absolute Gasteiger partial charge is 0.493 e. The van der Waals surface area contributed by atoms with Crippen molar-refractivity contribution in [2.75, 3.05) is 39.8 Å². The lowest BCUT2D eigenvalue weighted by Gasteiger charge is -2.31. The van der Waals surface area contributed by atoms with E-state index in [0.717, 1.165) is 6.42 Å². The number of benzene rings is 1. The van der Waals surface area contributed by atoms with Crippen LogP contribution in [0, 0.1) is 0 Å². The first-order valence-electron chi connectivity index (χ1n) is 11.6. The van der Waals surface area contributed by atoms with Crippen LogP contribution in [-0.4, -0.2) is 83.2 Å². The number of fused-ring (bicyclic) bond motifs is 1. The molecule has 0 radical (unpaired) electrons. The Morgan fingerprint density at radius 2 is 1.80 bits per heavy atom. The lowest BCUT2D eigenvalue weighted by Crippen LogP contribution is -2.47. The van der Waals surface area contributed by atoms with Crippen molar-refractivity contribution in [2.45, 2.75) is 31.6 Å². The van der Waals surface area contributed by atoms with Gasteiger partial charge in [-0.05, 0) is 38.6 Å². The number of ether oxygens (including phenoxy) is 1. The molecule has 0 bridgehead atoms. The summed E-state index contributed by atoms with van der Waals surface area (Å²) in [5.74, 6) is 0.342. The van der Waals surface area contributed by atoms with E-state index >= 15 is 0 Å². The van der Waals surface area contributed by atoms with Gasteiger partial charge in [0.15, 0.2) is 11.3 Å². The Labute approximate surface area is 204 Å². The number of carbonyl (C=O) groups is 1. The molecular weight excluding hydrogens is 472 g/mol. The van der Waals surface area contributed by atoms with Gasteiger partial charge >= 0.3 is 0 Å². The van der Waals surface area contributed by atoms with E-state index in [1.54, 1.807) is 20.0 Å². The van der Waals surface area contributed by atoms with E-state index in [1.165, 1.54) is 25.7 Å². The molecule has 1 aliphatic rings. The van der Waals surface area contributed by atoms with Crippen LogP contribution in [0.5, 0.6) is 5.75 Å². The third-order valence-corrected chi connectivity index (χ3v) is 8.05. The summed E-state index contributed by atoms with van der Waals surface area (Å²) < 4.78 is 36.7. The van der Waals surface area contributed by atoms with Crippen LogP contribution in [0.2, 0.25) is 0 Å². The number of piperazine rings is 1. The van der Waals surface area contributed by atoms with Crippen molar-refractivity contribution >= 4 is 27.5 Å². The normalized spacial score (nSPS) is 15.5. The number of rotatable bonds is 8. The SMILES string of the molecule is CCCc1nn(C)c2c(=O)nc(-c3cc(S(=O)(=O)N4CCN(C)CC4)ccc3OCC)n(C=O)c12. The second kappa shape index (κ2) is 9.88. The van der Waals surface area contributed by atoms with Gasteiger partial charge in [-0.25, -0.2) is 8.42 Å². The summed E-state index contributed by atoms with van der Waals surface area (Å²) in [6.07, 6.45) is 1.90. The van der Waals surface area contributed by atoms with E-state index in [0.29, 0.717) is 62.6 Å². The first-order chi connectivity index (χ1) is 16.7. The van der Waals surface area contributed by atoms with Crippen LogP contribution >= 0.6 is 0 Å². The lowest BCUT2D eigenvalue weighted by atomic mass is 10.1. The summed E-state index contributed by atoms with van der Waals surface area (Å²) in [6.45, 7) is 6.09. The van der Waals surface area contributed by atoms with Gasteiger partial charge in [-0.3, -0.25) is 18.8 Å². The summed E-state index contributed by atoms with van der Waals surface area (Å²) in [4.78, 5) is 31.7. The van der Waals surface area contributed by atoms with Crippen molar-refractivity contribution in [2.24, 2.45) is 7.05 Å². The Kier molecular flexibility index (Phi) is 7.06. The number of hydrogen-bond acceptors (Lipinski definition) is 8. The number of carbonyl (C=O) groups excluding carboxylic acids is 1. The summed E-state index contributed by atoms with van der Waals surface area (Å²) in [5.41, 5.74) is 0.870. The average Bonchev–Trinajstić information content (AvgIpc) is 3.16. The van der Waals surface area contributed by atoms with Crippen LogP contribution in [0.3, 0.4) is 0 Å². The predicted molar refractivity (Wildman–Crippen MR) is 132 cm³/mol. The van der Waals surface area contributed by atoms with Gasteiger partial charge in [-0.1, -0.05) is 13.3 Å². The monoisotopic (exact) mass is 502 g/mol. The number of sulfonamides is 1. The minimum Gasteiger partial charge on any atom is -0.493 e. The Balaban J connectivity index is 1.95. The van der Waals surface area contributed by atoms with Crippen LogP contribution < -0.4 is 10.3 Å². The molecule has 0 atom stereocenters. The lowest BCUT2D eigenvalue weighted by molar-refractivity contribution is 0.222. The molecule has 35 heavy (non-hydrogen) atoms. The summed E-state index contributed by atoms with van der Waals surface area (Å²) in [6, 6.07) is 4.46. The molecule has 0 unspecified atom stereocenters. The van der Waals surface area contributed by atoms with Crippen molar-refractivity contribution in [1.29, 1.82) is 0 Å². The van der Waals surface area contributed by atoms with Gasteiger partial charge in [-0.2, -0.15) is 14.4 Å². The van der Waals surface area contributed by atoms with Crippen LogP contribution in [0.15, 0.2) is 27.9 Å². The van der Waals surface area contributed by atoms with Gasteiger partial charge in [0.05, 0.1) is 22.8 Å². The van der Waals surface area contributed by atoms with Crippen LogP contribution in [0.25, 0.3) is 22.4 Å². The molecule has 3 heterocycles. The Hall–Kier alpha value is -3.09. The first-order valence-corrected chi connectivity index (χ1v) is 13.1. The molecule has 11 nitrogen and oxygen atoms in total. The number of hydrogen-bond donors (Lipinski definition) is 0. The number of aryl methyl sites for hydroxylation is 2. The van der Waals surface area contributed by atoms with Crippen molar-refractivity contribution in [1.82, 2.24) is 28.5 Å². The molecule has 188 valence electrons. The predicted octanol–water partition coefficient (Wildman–Crippen LogP) is 1.12. The number of aromatic nitrogens is 4. The molecule has 2 aromatic heterocycles. The third-order valence-electron chi connectivity index (χ3n) is 6.16. The van der Waals surface area contributed by atoms with Crippen LogP contribution in [0.4, 0.5) is 0 Å². The minimum atomic E-state index is -3.80. The van der Waals surface area contributed by atoms with Gasteiger partial charge in [-0.15, -0.1) is 0 Å². The van der Waals surface area contributed by atoms with Crippen molar-refractivity contribution < 1.29 is 17.9 Å². The van der Waals surface area contributed by atoms with E-state index < -0.39 is 15.6 Å². The van der Waals surface area contributed by atoms with Crippen molar-refractivity contribution in [3.63, 3.8) is 0 Å². The average molecular weight is 503 g/mol. The van der Waals surface area contributed by atoms with Crippen LogP contribution in [0.1, 0.15) is 26.0 Å². The van der Waals surface area contributed by atoms with E-state index in [4.69, 9.17) is 4.74 Å². The second-order valence-corrected chi connectivity index (χ2v) is 10.5. The van der Waals surface area contributed by atoms with Crippen LogP contribution in [-0.2, 0) is 28.3 Å². The van der Waals surface area contributed by atoms with Gasteiger partial charge in [0, 0.05) is 33.2 Å². The van der Waals surface area contributed by atoms with Gasteiger partial charge in [0.1, 0.15) is 11.3 Å². The molecule has 1 aliphatic heterocycles.